The largest absolute Gasteiger partial charge is 0.337 e. The highest BCUT2D eigenvalue weighted by atomic mass is 16.2. The number of amides is 1. The van der Waals surface area contributed by atoms with E-state index in [0.717, 1.165) is 38.3 Å². The molecular formula is C13H18N4O. The third kappa shape index (κ3) is 2.10. The highest BCUT2D eigenvalue weighted by Gasteiger charge is 2.39. The molecule has 0 spiro atoms. The van der Waals surface area contributed by atoms with Gasteiger partial charge in [-0.2, -0.15) is 0 Å². The van der Waals surface area contributed by atoms with Crippen molar-refractivity contribution < 1.29 is 4.79 Å². The Balaban J connectivity index is 1.63. The smallest absolute Gasteiger partial charge is 0.225 e. The summed E-state index contributed by atoms with van der Waals surface area (Å²) in [5.41, 5.74) is 1.00. The van der Waals surface area contributed by atoms with E-state index in [1.807, 2.05) is 13.1 Å². The summed E-state index contributed by atoms with van der Waals surface area (Å²) in [4.78, 5) is 24.7. The van der Waals surface area contributed by atoms with Crippen LogP contribution in [0.1, 0.15) is 19.0 Å². The number of rotatable bonds is 2. The van der Waals surface area contributed by atoms with E-state index in [4.69, 9.17) is 0 Å². The van der Waals surface area contributed by atoms with Crippen molar-refractivity contribution in [2.24, 2.45) is 5.92 Å². The van der Waals surface area contributed by atoms with Crippen LogP contribution in [0.4, 0.5) is 0 Å². The maximum absolute atomic E-state index is 11.9. The second kappa shape index (κ2) is 4.65. The molecule has 18 heavy (non-hydrogen) atoms. The molecule has 2 aliphatic rings. The third-order valence-electron chi connectivity index (χ3n) is 3.90. The number of carbonyl (C=O) groups is 1. The Morgan fingerprint density at radius 3 is 3.06 bits per heavy atom. The van der Waals surface area contributed by atoms with Gasteiger partial charge in [-0.25, -0.2) is 0 Å². The van der Waals surface area contributed by atoms with Gasteiger partial charge < -0.3 is 4.90 Å². The molecule has 5 heteroatoms. The first kappa shape index (κ1) is 11.6. The van der Waals surface area contributed by atoms with Crippen molar-refractivity contribution in [1.82, 2.24) is 19.8 Å². The summed E-state index contributed by atoms with van der Waals surface area (Å²) in [7, 11) is 0. The molecular weight excluding hydrogens is 228 g/mol. The molecule has 1 aromatic heterocycles. The van der Waals surface area contributed by atoms with Crippen molar-refractivity contribution >= 4 is 5.91 Å². The molecule has 3 rings (SSSR count). The van der Waals surface area contributed by atoms with Crippen LogP contribution >= 0.6 is 0 Å². The van der Waals surface area contributed by atoms with Crippen LogP contribution in [0.5, 0.6) is 0 Å². The summed E-state index contributed by atoms with van der Waals surface area (Å²) in [5, 5.41) is 0. The third-order valence-corrected chi connectivity index (χ3v) is 3.90. The van der Waals surface area contributed by atoms with Crippen molar-refractivity contribution in [2.45, 2.75) is 25.9 Å². The molecule has 1 aromatic rings. The minimum Gasteiger partial charge on any atom is -0.337 e. The lowest BCUT2D eigenvalue weighted by molar-refractivity contribution is -0.133. The van der Waals surface area contributed by atoms with Gasteiger partial charge in [-0.15, -0.1) is 0 Å². The summed E-state index contributed by atoms with van der Waals surface area (Å²) in [6, 6.07) is 0.401. The van der Waals surface area contributed by atoms with E-state index in [1.165, 1.54) is 0 Å². The van der Waals surface area contributed by atoms with E-state index < -0.39 is 0 Å². The minimum absolute atomic E-state index is 0.200. The van der Waals surface area contributed by atoms with Crippen molar-refractivity contribution in [3.63, 3.8) is 0 Å². The van der Waals surface area contributed by atoms with Gasteiger partial charge in [0.15, 0.2) is 0 Å². The molecule has 2 aliphatic heterocycles. The molecule has 0 aromatic carbocycles. The summed E-state index contributed by atoms with van der Waals surface area (Å²) in [6.07, 6.45) is 6.23. The van der Waals surface area contributed by atoms with Crippen LogP contribution < -0.4 is 0 Å². The second-order valence-electron chi connectivity index (χ2n) is 5.25. The standard InChI is InChI=1S/C13H18N4O/c1-10-6-12-9-16(4-5-17(12)13(10)18)8-11-7-14-2-3-15-11/h2-3,7,10,12H,4-6,8-9H2,1H3. The van der Waals surface area contributed by atoms with E-state index in [1.54, 1.807) is 12.4 Å². The Labute approximate surface area is 107 Å². The topological polar surface area (TPSA) is 49.3 Å². The Bertz CT molecular complexity index is 436. The molecule has 5 nitrogen and oxygen atoms in total. The van der Waals surface area contributed by atoms with E-state index in [0.29, 0.717) is 11.9 Å². The van der Waals surface area contributed by atoms with Gasteiger partial charge in [0.1, 0.15) is 0 Å². The quantitative estimate of drug-likeness (QED) is 0.764. The van der Waals surface area contributed by atoms with Gasteiger partial charge in [0.2, 0.25) is 5.91 Å². The summed E-state index contributed by atoms with van der Waals surface area (Å²) >= 11 is 0. The fourth-order valence-corrected chi connectivity index (χ4v) is 2.99. The molecule has 2 unspecified atom stereocenters. The first-order valence-corrected chi connectivity index (χ1v) is 6.52. The maximum atomic E-state index is 11.9. The molecule has 2 fully saturated rings. The Morgan fingerprint density at radius 2 is 2.28 bits per heavy atom. The number of piperazine rings is 1. The fraction of sp³-hybridized carbons (Fsp3) is 0.615. The number of hydrogen-bond acceptors (Lipinski definition) is 4. The van der Waals surface area contributed by atoms with Crippen LogP contribution in [0, 0.1) is 5.92 Å². The molecule has 2 atom stereocenters. The Kier molecular flexibility index (Phi) is 2.99. The molecule has 0 radical (unpaired) electrons. The fourth-order valence-electron chi connectivity index (χ4n) is 2.99. The lowest BCUT2D eigenvalue weighted by atomic mass is 10.1. The van der Waals surface area contributed by atoms with Gasteiger partial charge in [0, 0.05) is 56.7 Å². The number of fused-ring (bicyclic) bond motifs is 1. The average Bonchev–Trinajstić information content (AvgIpc) is 2.66. The molecule has 0 saturated carbocycles. The first-order valence-electron chi connectivity index (χ1n) is 6.52. The summed E-state index contributed by atoms with van der Waals surface area (Å²) in [6.45, 7) is 5.63. The SMILES string of the molecule is CC1CC2CN(Cc3cnccn3)CCN2C1=O. The normalized spacial score (nSPS) is 28.5. The Morgan fingerprint density at radius 1 is 1.39 bits per heavy atom. The summed E-state index contributed by atoms with van der Waals surface area (Å²) in [5.74, 6) is 0.533. The molecule has 96 valence electrons. The van der Waals surface area contributed by atoms with Gasteiger partial charge in [-0.05, 0) is 6.42 Å². The monoisotopic (exact) mass is 246 g/mol. The average molecular weight is 246 g/mol. The molecule has 1 amide bonds. The highest BCUT2D eigenvalue weighted by molar-refractivity contribution is 5.81. The van der Waals surface area contributed by atoms with Crippen LogP contribution in [0.2, 0.25) is 0 Å². The van der Waals surface area contributed by atoms with Crippen LogP contribution in [-0.2, 0) is 11.3 Å². The molecule has 0 bridgehead atoms. The van der Waals surface area contributed by atoms with Crippen LogP contribution in [0.25, 0.3) is 0 Å². The van der Waals surface area contributed by atoms with E-state index in [2.05, 4.69) is 19.8 Å². The Hall–Kier alpha value is -1.49. The predicted molar refractivity (Wildman–Crippen MR) is 66.6 cm³/mol. The first-order chi connectivity index (χ1) is 8.74. The number of hydrogen-bond donors (Lipinski definition) is 0. The zero-order valence-electron chi connectivity index (χ0n) is 10.6. The molecule has 2 saturated heterocycles. The lowest BCUT2D eigenvalue weighted by Crippen LogP contribution is -2.51. The molecule has 0 aliphatic carbocycles. The van der Waals surface area contributed by atoms with Crippen LogP contribution in [0.15, 0.2) is 18.6 Å². The number of carbonyl (C=O) groups excluding carboxylic acids is 1. The zero-order chi connectivity index (χ0) is 12.5. The number of aromatic nitrogens is 2. The number of nitrogens with zero attached hydrogens (tertiary/aromatic N) is 4. The van der Waals surface area contributed by atoms with Gasteiger partial charge in [-0.3, -0.25) is 19.7 Å². The van der Waals surface area contributed by atoms with Crippen molar-refractivity contribution in [3.05, 3.63) is 24.3 Å². The predicted octanol–water partition coefficient (Wildman–Crippen LogP) is 0.529. The van der Waals surface area contributed by atoms with Crippen LogP contribution in [-0.4, -0.2) is 51.4 Å². The highest BCUT2D eigenvalue weighted by Crippen LogP contribution is 2.27. The van der Waals surface area contributed by atoms with Crippen molar-refractivity contribution in [3.8, 4) is 0 Å². The molecule has 0 N–H and O–H groups in total. The zero-order valence-corrected chi connectivity index (χ0v) is 10.6. The van der Waals surface area contributed by atoms with Gasteiger partial charge in [-0.1, -0.05) is 6.92 Å². The summed E-state index contributed by atoms with van der Waals surface area (Å²) < 4.78 is 0. The minimum atomic E-state index is 0.200. The van der Waals surface area contributed by atoms with Gasteiger partial charge >= 0.3 is 0 Å². The van der Waals surface area contributed by atoms with Crippen molar-refractivity contribution in [1.29, 1.82) is 0 Å². The second-order valence-corrected chi connectivity index (χ2v) is 5.25. The van der Waals surface area contributed by atoms with E-state index in [-0.39, 0.29) is 5.92 Å². The van der Waals surface area contributed by atoms with Gasteiger partial charge in [0.05, 0.1) is 5.69 Å². The van der Waals surface area contributed by atoms with Crippen molar-refractivity contribution in [2.75, 3.05) is 19.6 Å². The van der Waals surface area contributed by atoms with Crippen LogP contribution in [0.3, 0.4) is 0 Å². The van der Waals surface area contributed by atoms with E-state index >= 15 is 0 Å². The maximum Gasteiger partial charge on any atom is 0.225 e. The van der Waals surface area contributed by atoms with E-state index in [9.17, 15) is 4.79 Å². The van der Waals surface area contributed by atoms with Gasteiger partial charge in [0.25, 0.3) is 0 Å². The molecule has 3 heterocycles. The lowest BCUT2D eigenvalue weighted by Gasteiger charge is -2.37.